The van der Waals surface area contributed by atoms with Gasteiger partial charge in [-0.3, -0.25) is 0 Å². The van der Waals surface area contributed by atoms with E-state index in [1.165, 1.54) is 0 Å². The molecule has 0 unspecified atom stereocenters. The quantitative estimate of drug-likeness (QED) is 0.570. The van der Waals surface area contributed by atoms with Crippen molar-refractivity contribution < 1.29 is 0 Å². The molecule has 0 saturated carbocycles. The lowest BCUT2D eigenvalue weighted by molar-refractivity contribution is 1.11. The summed E-state index contributed by atoms with van der Waals surface area (Å²) in [7, 11) is 0. The van der Waals surface area contributed by atoms with E-state index in [-0.39, 0.29) is 5.95 Å². The minimum atomic E-state index is 0.185. The van der Waals surface area contributed by atoms with Crippen LogP contribution in [0.3, 0.4) is 0 Å². The number of halogens is 1. The summed E-state index contributed by atoms with van der Waals surface area (Å²) in [6.45, 7) is 8.12. The predicted molar refractivity (Wildman–Crippen MR) is 92.3 cm³/mol. The van der Waals surface area contributed by atoms with Crippen LogP contribution in [0, 0.1) is 27.7 Å². The highest BCUT2D eigenvalue weighted by molar-refractivity contribution is 9.08. The summed E-state index contributed by atoms with van der Waals surface area (Å²) in [6.07, 6.45) is 0. The number of rotatable bonds is 2. The summed E-state index contributed by atoms with van der Waals surface area (Å²) < 4.78 is 0. The summed E-state index contributed by atoms with van der Waals surface area (Å²) in [5, 5.41) is 0.556. The van der Waals surface area contributed by atoms with Crippen molar-refractivity contribution in [3.8, 4) is 11.1 Å². The molecule has 5 nitrogen and oxygen atoms in total. The maximum Gasteiger partial charge on any atom is 0.222 e. The summed E-state index contributed by atoms with van der Waals surface area (Å²) >= 11 is 3.45. The molecule has 1 heterocycles. The molecular weight excluding hydrogens is 330 g/mol. The summed E-state index contributed by atoms with van der Waals surface area (Å²) in [5.74, 6) is 0.580. The van der Waals surface area contributed by atoms with Gasteiger partial charge < -0.3 is 17.2 Å². The number of alkyl halides is 1. The highest BCUT2D eigenvalue weighted by Gasteiger charge is 2.20. The molecule has 0 fully saturated rings. The summed E-state index contributed by atoms with van der Waals surface area (Å²) in [4.78, 5) is 8.42. The first-order valence-electron chi connectivity index (χ1n) is 6.63. The number of nitrogens with zero attached hydrogens (tertiary/aromatic N) is 2. The molecule has 21 heavy (non-hydrogen) atoms. The van der Waals surface area contributed by atoms with Crippen LogP contribution in [0.2, 0.25) is 0 Å². The number of aromatic nitrogens is 2. The molecule has 0 bridgehead atoms. The number of nitrogens with two attached hydrogens (primary N) is 3. The van der Waals surface area contributed by atoms with Crippen molar-refractivity contribution in [3.05, 3.63) is 27.9 Å². The second-order valence-corrected chi connectivity index (χ2v) is 5.77. The molecular formula is C15H20BrN5. The Balaban J connectivity index is 2.92. The molecule has 112 valence electrons. The largest absolute Gasteiger partial charge is 0.398 e. The van der Waals surface area contributed by atoms with Gasteiger partial charge >= 0.3 is 0 Å². The maximum absolute atomic E-state index is 6.17. The second-order valence-electron chi connectivity index (χ2n) is 5.21. The highest BCUT2D eigenvalue weighted by atomic mass is 79.9. The van der Waals surface area contributed by atoms with E-state index in [0.717, 1.165) is 44.8 Å². The van der Waals surface area contributed by atoms with Crippen molar-refractivity contribution in [2.75, 3.05) is 17.2 Å². The van der Waals surface area contributed by atoms with E-state index in [1.54, 1.807) is 0 Å². The van der Waals surface area contributed by atoms with Gasteiger partial charge in [-0.1, -0.05) is 15.9 Å². The first-order valence-corrected chi connectivity index (χ1v) is 7.75. The number of hydrogen-bond donors (Lipinski definition) is 3. The SMILES string of the molecule is Cc1c(C)c(-c2c(N)nc(N)nc2CBr)c(C)c(C)c1N. The smallest absolute Gasteiger partial charge is 0.222 e. The average molecular weight is 350 g/mol. The Morgan fingerprint density at radius 2 is 1.33 bits per heavy atom. The van der Waals surface area contributed by atoms with Gasteiger partial charge in [-0.2, -0.15) is 4.98 Å². The number of anilines is 3. The van der Waals surface area contributed by atoms with Gasteiger partial charge in [0.2, 0.25) is 5.95 Å². The molecule has 2 aromatic rings. The zero-order chi connectivity index (χ0) is 15.9. The third-order valence-electron chi connectivity index (χ3n) is 4.09. The van der Waals surface area contributed by atoms with E-state index in [0.29, 0.717) is 11.1 Å². The van der Waals surface area contributed by atoms with E-state index in [9.17, 15) is 0 Å². The zero-order valence-electron chi connectivity index (χ0n) is 12.7. The first kappa shape index (κ1) is 15.6. The van der Waals surface area contributed by atoms with Crippen molar-refractivity contribution >= 4 is 33.4 Å². The normalized spacial score (nSPS) is 10.9. The topological polar surface area (TPSA) is 104 Å². The van der Waals surface area contributed by atoms with Crippen LogP contribution >= 0.6 is 15.9 Å². The van der Waals surface area contributed by atoms with Gasteiger partial charge in [0.05, 0.1) is 5.69 Å². The molecule has 0 radical (unpaired) electrons. The summed E-state index contributed by atoms with van der Waals surface area (Å²) in [6, 6.07) is 0. The fourth-order valence-corrected chi connectivity index (χ4v) is 3.04. The molecule has 6 N–H and O–H groups in total. The van der Waals surface area contributed by atoms with Gasteiger partial charge in [0, 0.05) is 16.6 Å². The van der Waals surface area contributed by atoms with Crippen LogP contribution in [-0.2, 0) is 5.33 Å². The van der Waals surface area contributed by atoms with Gasteiger partial charge in [0.25, 0.3) is 0 Å². The zero-order valence-corrected chi connectivity index (χ0v) is 14.3. The van der Waals surface area contributed by atoms with Gasteiger partial charge in [-0.25, -0.2) is 4.98 Å². The third-order valence-corrected chi connectivity index (χ3v) is 4.62. The minimum Gasteiger partial charge on any atom is -0.398 e. The van der Waals surface area contributed by atoms with Crippen LogP contribution in [0.25, 0.3) is 11.1 Å². The van der Waals surface area contributed by atoms with Crippen LogP contribution in [0.15, 0.2) is 0 Å². The van der Waals surface area contributed by atoms with E-state index in [2.05, 4.69) is 25.9 Å². The lowest BCUT2D eigenvalue weighted by atomic mass is 9.88. The van der Waals surface area contributed by atoms with Crippen molar-refractivity contribution in [2.24, 2.45) is 0 Å². The van der Waals surface area contributed by atoms with Gasteiger partial charge in [0.15, 0.2) is 0 Å². The van der Waals surface area contributed by atoms with Crippen molar-refractivity contribution in [1.82, 2.24) is 9.97 Å². The van der Waals surface area contributed by atoms with Gasteiger partial charge in [0.1, 0.15) is 5.82 Å². The average Bonchev–Trinajstić information content (AvgIpc) is 2.44. The predicted octanol–water partition coefficient (Wildman–Crippen LogP) is 3.02. The third kappa shape index (κ3) is 2.44. The number of hydrogen-bond acceptors (Lipinski definition) is 5. The second kappa shape index (κ2) is 5.52. The fraction of sp³-hybridized carbons (Fsp3) is 0.333. The molecule has 0 atom stereocenters. The lowest BCUT2D eigenvalue weighted by Crippen LogP contribution is -2.09. The maximum atomic E-state index is 6.17. The molecule has 0 saturated heterocycles. The molecule has 0 spiro atoms. The van der Waals surface area contributed by atoms with Crippen molar-refractivity contribution in [1.29, 1.82) is 0 Å². The van der Waals surface area contributed by atoms with Gasteiger partial charge in [-0.15, -0.1) is 0 Å². The Kier molecular flexibility index (Phi) is 4.09. The highest BCUT2D eigenvalue weighted by Crippen LogP contribution is 2.39. The lowest BCUT2D eigenvalue weighted by Gasteiger charge is -2.20. The Morgan fingerprint density at radius 1 is 0.810 bits per heavy atom. The van der Waals surface area contributed by atoms with Crippen molar-refractivity contribution in [2.45, 2.75) is 33.0 Å². The molecule has 6 heteroatoms. The number of nitrogen functional groups attached to an aromatic ring is 3. The number of benzene rings is 1. The molecule has 1 aromatic heterocycles. The van der Waals surface area contributed by atoms with Crippen LogP contribution in [0.4, 0.5) is 17.5 Å². The molecule has 0 aliphatic carbocycles. The van der Waals surface area contributed by atoms with Crippen molar-refractivity contribution in [3.63, 3.8) is 0 Å². The Labute approximate surface area is 133 Å². The molecule has 0 aliphatic heterocycles. The standard InChI is InChI=1S/C15H20BrN5/c1-6-8(3)13(17)9(4)7(2)11(6)12-10(5-16)20-15(19)21-14(12)18/h5,17H2,1-4H3,(H4,18,19,20,21). The van der Waals surface area contributed by atoms with Crippen LogP contribution in [-0.4, -0.2) is 9.97 Å². The molecule has 0 amide bonds. The summed E-state index contributed by atoms with van der Waals surface area (Å²) in [5.41, 5.74) is 25.8. The van der Waals surface area contributed by atoms with E-state index in [4.69, 9.17) is 17.2 Å². The monoisotopic (exact) mass is 349 g/mol. The van der Waals surface area contributed by atoms with Gasteiger partial charge in [-0.05, 0) is 55.5 Å². The van der Waals surface area contributed by atoms with E-state index >= 15 is 0 Å². The van der Waals surface area contributed by atoms with Crippen LogP contribution in [0.5, 0.6) is 0 Å². The molecule has 1 aromatic carbocycles. The Morgan fingerprint density at radius 3 is 1.81 bits per heavy atom. The van der Waals surface area contributed by atoms with E-state index in [1.807, 2.05) is 27.7 Å². The van der Waals surface area contributed by atoms with Crippen LogP contribution < -0.4 is 17.2 Å². The molecule has 0 aliphatic rings. The first-order chi connectivity index (χ1) is 9.79. The Bertz CT molecular complexity index is 696. The minimum absolute atomic E-state index is 0.185. The van der Waals surface area contributed by atoms with E-state index < -0.39 is 0 Å². The Hall–Kier alpha value is -1.82. The van der Waals surface area contributed by atoms with Crippen LogP contribution in [0.1, 0.15) is 27.9 Å². The molecule has 2 rings (SSSR count). The fourth-order valence-electron chi connectivity index (χ4n) is 2.63.